The lowest BCUT2D eigenvalue weighted by molar-refractivity contribution is 0.261. The summed E-state index contributed by atoms with van der Waals surface area (Å²) in [6.07, 6.45) is 0. The average Bonchev–Trinajstić information content (AvgIpc) is 2.64. The minimum absolute atomic E-state index is 0. The topological polar surface area (TPSA) is 24.5 Å². The van der Waals surface area contributed by atoms with E-state index in [1.54, 1.807) is 0 Å². The van der Waals surface area contributed by atoms with E-state index in [4.69, 9.17) is 4.74 Å². The smallest absolute Gasteiger partial charge is 0.119 e. The van der Waals surface area contributed by atoms with Gasteiger partial charge in [-0.25, -0.2) is 0 Å². The predicted molar refractivity (Wildman–Crippen MR) is 68.3 cm³/mol. The van der Waals surface area contributed by atoms with Crippen LogP contribution in [0.4, 0.5) is 0 Å². The van der Waals surface area contributed by atoms with E-state index in [-0.39, 0.29) is 12.4 Å². The lowest BCUT2D eigenvalue weighted by Crippen LogP contribution is -2.19. The van der Waals surface area contributed by atoms with Crippen LogP contribution in [-0.2, 0) is 13.1 Å². The van der Waals surface area contributed by atoms with Gasteiger partial charge in [0.05, 0.1) is 0 Å². The summed E-state index contributed by atoms with van der Waals surface area (Å²) < 4.78 is 5.67. The highest BCUT2D eigenvalue weighted by atomic mass is 35.5. The molecular formula is C12H19ClN2O. The molecule has 1 aromatic carbocycles. The van der Waals surface area contributed by atoms with E-state index in [1.807, 2.05) is 0 Å². The number of nitrogens with one attached hydrogen (secondary N) is 1. The van der Waals surface area contributed by atoms with Crippen LogP contribution in [0.1, 0.15) is 11.1 Å². The second kappa shape index (κ2) is 6.09. The number of nitrogens with zero attached hydrogens (tertiary/aromatic N) is 1. The summed E-state index contributed by atoms with van der Waals surface area (Å²) >= 11 is 0. The Kier molecular flexibility index (Phi) is 5.06. The zero-order chi connectivity index (χ0) is 10.7. The number of benzene rings is 1. The van der Waals surface area contributed by atoms with Crippen molar-refractivity contribution in [1.29, 1.82) is 0 Å². The quantitative estimate of drug-likeness (QED) is 0.869. The molecule has 0 unspecified atom stereocenters. The molecular weight excluding hydrogens is 224 g/mol. The van der Waals surface area contributed by atoms with Gasteiger partial charge in [0.15, 0.2) is 0 Å². The standard InChI is InChI=1S/C12H18N2O.ClH/c1-14(2)5-6-15-12-4-3-10-8-13-9-11(10)7-12;/h3-4,7,13H,5-6,8-9H2,1-2H3;1H. The number of halogens is 1. The van der Waals surface area contributed by atoms with Crippen LogP contribution in [0.3, 0.4) is 0 Å². The van der Waals surface area contributed by atoms with Crippen LogP contribution in [0.15, 0.2) is 18.2 Å². The highest BCUT2D eigenvalue weighted by molar-refractivity contribution is 5.85. The Hall–Kier alpha value is -0.770. The summed E-state index contributed by atoms with van der Waals surface area (Å²) in [5, 5.41) is 3.33. The van der Waals surface area contributed by atoms with Gasteiger partial charge < -0.3 is 15.0 Å². The largest absolute Gasteiger partial charge is 0.492 e. The van der Waals surface area contributed by atoms with Crippen LogP contribution in [0.5, 0.6) is 5.75 Å². The van der Waals surface area contributed by atoms with Crippen LogP contribution in [0.2, 0.25) is 0 Å². The molecule has 1 N–H and O–H groups in total. The summed E-state index contributed by atoms with van der Waals surface area (Å²) in [6.45, 7) is 3.67. The fourth-order valence-electron chi connectivity index (χ4n) is 1.71. The van der Waals surface area contributed by atoms with Crippen molar-refractivity contribution < 1.29 is 4.74 Å². The van der Waals surface area contributed by atoms with Crippen molar-refractivity contribution in [2.75, 3.05) is 27.2 Å². The molecule has 0 aliphatic carbocycles. The first kappa shape index (κ1) is 13.3. The van der Waals surface area contributed by atoms with Crippen molar-refractivity contribution in [3.8, 4) is 5.75 Å². The first-order valence-electron chi connectivity index (χ1n) is 5.36. The van der Waals surface area contributed by atoms with E-state index < -0.39 is 0 Å². The lowest BCUT2D eigenvalue weighted by Gasteiger charge is -2.11. The third-order valence-electron chi connectivity index (χ3n) is 2.62. The molecule has 0 amide bonds. The molecule has 0 aromatic heterocycles. The van der Waals surface area contributed by atoms with Crippen LogP contribution < -0.4 is 10.1 Å². The van der Waals surface area contributed by atoms with E-state index in [9.17, 15) is 0 Å². The third-order valence-corrected chi connectivity index (χ3v) is 2.62. The number of ether oxygens (including phenoxy) is 1. The summed E-state index contributed by atoms with van der Waals surface area (Å²) in [6, 6.07) is 6.35. The fourth-order valence-corrected chi connectivity index (χ4v) is 1.71. The van der Waals surface area contributed by atoms with Gasteiger partial charge in [-0.15, -0.1) is 12.4 Å². The molecule has 0 fully saturated rings. The lowest BCUT2D eigenvalue weighted by atomic mass is 10.1. The maximum Gasteiger partial charge on any atom is 0.119 e. The maximum atomic E-state index is 5.67. The molecule has 0 atom stereocenters. The molecule has 0 saturated heterocycles. The molecule has 0 radical (unpaired) electrons. The van der Waals surface area contributed by atoms with Gasteiger partial charge in [0.25, 0.3) is 0 Å². The normalized spacial score (nSPS) is 13.4. The monoisotopic (exact) mass is 242 g/mol. The van der Waals surface area contributed by atoms with Gasteiger partial charge in [0.1, 0.15) is 12.4 Å². The van der Waals surface area contributed by atoms with Crippen LogP contribution >= 0.6 is 12.4 Å². The Balaban J connectivity index is 0.00000128. The average molecular weight is 243 g/mol. The zero-order valence-corrected chi connectivity index (χ0v) is 10.6. The molecule has 1 heterocycles. The zero-order valence-electron chi connectivity index (χ0n) is 9.82. The van der Waals surface area contributed by atoms with Gasteiger partial charge in [-0.1, -0.05) is 6.07 Å². The Morgan fingerprint density at radius 3 is 2.75 bits per heavy atom. The molecule has 4 heteroatoms. The van der Waals surface area contributed by atoms with Crippen molar-refractivity contribution in [1.82, 2.24) is 10.2 Å². The van der Waals surface area contributed by atoms with Gasteiger partial charge in [-0.05, 0) is 37.4 Å². The molecule has 0 saturated carbocycles. The minimum Gasteiger partial charge on any atom is -0.492 e. The summed E-state index contributed by atoms with van der Waals surface area (Å²) in [5.41, 5.74) is 2.77. The predicted octanol–water partition coefficient (Wildman–Crippen LogP) is 1.65. The van der Waals surface area contributed by atoms with Gasteiger partial charge in [-0.2, -0.15) is 0 Å². The Morgan fingerprint density at radius 2 is 2.00 bits per heavy atom. The second-order valence-electron chi connectivity index (χ2n) is 4.19. The molecule has 3 nitrogen and oxygen atoms in total. The molecule has 1 aromatic rings. The van der Waals surface area contributed by atoms with Crippen LogP contribution in [-0.4, -0.2) is 32.1 Å². The van der Waals surface area contributed by atoms with Gasteiger partial charge in [0, 0.05) is 19.6 Å². The van der Waals surface area contributed by atoms with E-state index in [2.05, 4.69) is 42.5 Å². The van der Waals surface area contributed by atoms with Gasteiger partial charge in [0.2, 0.25) is 0 Å². The van der Waals surface area contributed by atoms with Crippen molar-refractivity contribution in [3.63, 3.8) is 0 Å². The first-order valence-corrected chi connectivity index (χ1v) is 5.36. The minimum atomic E-state index is 0. The number of hydrogen-bond acceptors (Lipinski definition) is 3. The SMILES string of the molecule is CN(C)CCOc1ccc2c(c1)CNC2.Cl. The summed E-state index contributed by atoms with van der Waals surface area (Å²) in [4.78, 5) is 2.12. The fraction of sp³-hybridized carbons (Fsp3) is 0.500. The van der Waals surface area contributed by atoms with E-state index in [1.165, 1.54) is 11.1 Å². The Bertz CT molecular complexity index is 342. The first-order chi connectivity index (χ1) is 7.25. The van der Waals surface area contributed by atoms with Crippen molar-refractivity contribution >= 4 is 12.4 Å². The van der Waals surface area contributed by atoms with Crippen molar-refractivity contribution in [2.45, 2.75) is 13.1 Å². The van der Waals surface area contributed by atoms with E-state index in [0.717, 1.165) is 32.0 Å². The summed E-state index contributed by atoms with van der Waals surface area (Å²) in [7, 11) is 4.10. The van der Waals surface area contributed by atoms with E-state index >= 15 is 0 Å². The van der Waals surface area contributed by atoms with E-state index in [0.29, 0.717) is 0 Å². The number of likely N-dealkylation sites (N-methyl/N-ethyl adjacent to an activating group) is 1. The van der Waals surface area contributed by atoms with Crippen LogP contribution in [0.25, 0.3) is 0 Å². The molecule has 0 spiro atoms. The maximum absolute atomic E-state index is 5.67. The molecule has 1 aliphatic heterocycles. The Morgan fingerprint density at radius 1 is 1.25 bits per heavy atom. The highest BCUT2D eigenvalue weighted by Crippen LogP contribution is 2.21. The number of fused-ring (bicyclic) bond motifs is 1. The second-order valence-corrected chi connectivity index (χ2v) is 4.19. The molecule has 0 bridgehead atoms. The van der Waals surface area contributed by atoms with Crippen molar-refractivity contribution in [3.05, 3.63) is 29.3 Å². The highest BCUT2D eigenvalue weighted by Gasteiger charge is 2.10. The molecule has 90 valence electrons. The van der Waals surface area contributed by atoms with Crippen molar-refractivity contribution in [2.24, 2.45) is 0 Å². The Labute approximate surface area is 103 Å². The number of hydrogen-bond donors (Lipinski definition) is 1. The third kappa shape index (κ3) is 3.37. The summed E-state index contributed by atoms with van der Waals surface area (Å²) in [5.74, 6) is 0.985. The number of rotatable bonds is 4. The van der Waals surface area contributed by atoms with Gasteiger partial charge in [-0.3, -0.25) is 0 Å². The molecule has 2 rings (SSSR count). The van der Waals surface area contributed by atoms with Gasteiger partial charge >= 0.3 is 0 Å². The van der Waals surface area contributed by atoms with Crippen LogP contribution in [0, 0.1) is 0 Å². The molecule has 1 aliphatic rings. The molecule has 16 heavy (non-hydrogen) atoms.